The second kappa shape index (κ2) is 9.13. The number of aromatic amines is 1. The quantitative estimate of drug-likeness (QED) is 0.458. The van der Waals surface area contributed by atoms with Gasteiger partial charge in [-0.15, -0.1) is 0 Å². The van der Waals surface area contributed by atoms with Gasteiger partial charge in [-0.1, -0.05) is 24.4 Å². The smallest absolute Gasteiger partial charge is 0.326 e. The van der Waals surface area contributed by atoms with Gasteiger partial charge in [-0.05, 0) is 48.7 Å². The van der Waals surface area contributed by atoms with Crippen LogP contribution in [-0.4, -0.2) is 45.5 Å². The number of rotatable bonds is 5. The number of halogens is 1. The molecular weight excluding hydrogens is 429 g/mol. The van der Waals surface area contributed by atoms with Crippen molar-refractivity contribution in [3.63, 3.8) is 0 Å². The number of pyridine rings is 1. The summed E-state index contributed by atoms with van der Waals surface area (Å²) in [6.45, 7) is 4.54. The normalized spacial score (nSPS) is 14.4. The van der Waals surface area contributed by atoms with E-state index in [4.69, 9.17) is 12.2 Å². The number of aromatic nitrogens is 3. The van der Waals surface area contributed by atoms with Crippen LogP contribution in [0.25, 0.3) is 16.5 Å². The molecule has 1 aliphatic rings. The molecule has 0 spiro atoms. The summed E-state index contributed by atoms with van der Waals surface area (Å²) in [7, 11) is 1.48. The van der Waals surface area contributed by atoms with Crippen LogP contribution in [0.2, 0.25) is 0 Å². The fourth-order valence-electron chi connectivity index (χ4n) is 3.97. The number of fused-ring (bicyclic) bond motifs is 1. The minimum Gasteiger partial charge on any atom is -0.354 e. The first-order valence-electron chi connectivity index (χ1n) is 10.5. The van der Waals surface area contributed by atoms with E-state index in [1.165, 1.54) is 13.1 Å². The molecule has 0 bridgehead atoms. The monoisotopic (exact) mass is 453 g/mol. The molecule has 0 aliphatic carbocycles. The van der Waals surface area contributed by atoms with Crippen LogP contribution in [0.15, 0.2) is 41.2 Å². The average molecular weight is 454 g/mol. The van der Waals surface area contributed by atoms with E-state index >= 15 is 0 Å². The standard InChI is InChI=1S/C23H24FN5O2S/c1-3-29-22(32)17-5-4-14(12-19(17)27-23(29)31)13-28-10-8-15(9-11-28)16-6-7-18(21(30)25-2)26-20(16)24/h4-8,12H,3,9-11,13H2,1-2H3,(H,25,30)(H,27,31). The van der Waals surface area contributed by atoms with E-state index in [9.17, 15) is 14.0 Å². The molecule has 3 aromatic rings. The van der Waals surface area contributed by atoms with Gasteiger partial charge < -0.3 is 10.3 Å². The topological polar surface area (TPSA) is 83.0 Å². The van der Waals surface area contributed by atoms with Crippen LogP contribution in [0.4, 0.5) is 4.39 Å². The molecule has 2 aromatic heterocycles. The lowest BCUT2D eigenvalue weighted by molar-refractivity contribution is 0.0957. The zero-order valence-corrected chi connectivity index (χ0v) is 18.8. The number of H-pyrrole nitrogens is 1. The fraction of sp³-hybridized carbons (Fsp3) is 0.304. The van der Waals surface area contributed by atoms with Crippen molar-refractivity contribution in [3.05, 3.63) is 74.3 Å². The Bertz CT molecular complexity index is 1340. The van der Waals surface area contributed by atoms with Crippen molar-refractivity contribution in [2.75, 3.05) is 20.1 Å². The van der Waals surface area contributed by atoms with Gasteiger partial charge in [0.1, 0.15) is 10.3 Å². The van der Waals surface area contributed by atoms with Crippen molar-refractivity contribution in [3.8, 4) is 0 Å². The van der Waals surface area contributed by atoms with E-state index in [-0.39, 0.29) is 11.4 Å². The Morgan fingerprint density at radius 1 is 1.31 bits per heavy atom. The van der Waals surface area contributed by atoms with E-state index in [1.54, 1.807) is 10.6 Å². The molecule has 0 saturated carbocycles. The van der Waals surface area contributed by atoms with Crippen LogP contribution in [0, 0.1) is 10.6 Å². The fourth-order valence-corrected chi connectivity index (χ4v) is 4.36. The van der Waals surface area contributed by atoms with E-state index in [0.29, 0.717) is 36.3 Å². The maximum Gasteiger partial charge on any atom is 0.326 e. The van der Waals surface area contributed by atoms with Gasteiger partial charge in [0.05, 0.1) is 5.52 Å². The van der Waals surface area contributed by atoms with E-state index in [2.05, 4.69) is 20.2 Å². The number of carbonyl (C=O) groups excluding carboxylic acids is 1. The van der Waals surface area contributed by atoms with Crippen LogP contribution in [0.3, 0.4) is 0 Å². The van der Waals surface area contributed by atoms with E-state index in [1.807, 2.05) is 31.2 Å². The average Bonchev–Trinajstić information content (AvgIpc) is 2.79. The molecule has 1 amide bonds. The summed E-state index contributed by atoms with van der Waals surface area (Å²) in [5.41, 5.74) is 2.98. The zero-order valence-electron chi connectivity index (χ0n) is 17.9. The lowest BCUT2D eigenvalue weighted by atomic mass is 10.00. The number of carbonyl (C=O) groups is 1. The second-order valence-corrected chi connectivity index (χ2v) is 8.07. The molecule has 3 heterocycles. The summed E-state index contributed by atoms with van der Waals surface area (Å²) in [5.74, 6) is -1.04. The first kappa shape index (κ1) is 22.0. The predicted molar refractivity (Wildman–Crippen MR) is 125 cm³/mol. The van der Waals surface area contributed by atoms with Crippen molar-refractivity contribution in [2.45, 2.75) is 26.4 Å². The van der Waals surface area contributed by atoms with Gasteiger partial charge in [-0.25, -0.2) is 9.78 Å². The molecular formula is C23H24FN5O2S. The third-order valence-corrected chi connectivity index (χ3v) is 6.16. The Morgan fingerprint density at radius 3 is 2.78 bits per heavy atom. The Labute approximate surface area is 189 Å². The maximum atomic E-state index is 14.5. The van der Waals surface area contributed by atoms with Crippen molar-refractivity contribution in [1.82, 2.24) is 24.8 Å². The van der Waals surface area contributed by atoms with Crippen molar-refractivity contribution >= 4 is 34.6 Å². The zero-order chi connectivity index (χ0) is 22.8. The molecule has 7 nitrogen and oxygen atoms in total. The SMILES string of the molecule is CCn1c(=O)[nH]c2cc(CN3CC=C(c4ccc(C(=O)NC)nc4F)CC3)ccc2c1=S. The van der Waals surface area contributed by atoms with Crippen LogP contribution in [0.1, 0.15) is 35.0 Å². The molecule has 166 valence electrons. The number of hydrogen-bond acceptors (Lipinski definition) is 5. The lowest BCUT2D eigenvalue weighted by Crippen LogP contribution is -2.28. The van der Waals surface area contributed by atoms with Gasteiger partial charge in [0.15, 0.2) is 0 Å². The Hall–Kier alpha value is -3.17. The second-order valence-electron chi connectivity index (χ2n) is 7.69. The van der Waals surface area contributed by atoms with E-state index < -0.39 is 11.9 Å². The lowest BCUT2D eigenvalue weighted by Gasteiger charge is -2.26. The third kappa shape index (κ3) is 4.26. The van der Waals surface area contributed by atoms with E-state index in [0.717, 1.165) is 28.6 Å². The molecule has 0 unspecified atom stereocenters. The van der Waals surface area contributed by atoms with Gasteiger partial charge in [-0.2, -0.15) is 4.39 Å². The molecule has 4 rings (SSSR count). The minimum absolute atomic E-state index is 0.0628. The third-order valence-electron chi connectivity index (χ3n) is 5.72. The summed E-state index contributed by atoms with van der Waals surface area (Å²) in [6.07, 6.45) is 2.67. The highest BCUT2D eigenvalue weighted by atomic mass is 32.1. The number of hydrogen-bond donors (Lipinski definition) is 2. The molecule has 0 saturated heterocycles. The van der Waals surface area contributed by atoms with Gasteiger partial charge in [0.2, 0.25) is 5.95 Å². The number of nitrogens with zero attached hydrogens (tertiary/aromatic N) is 3. The molecule has 0 atom stereocenters. The first-order valence-corrected chi connectivity index (χ1v) is 10.9. The van der Waals surface area contributed by atoms with Crippen molar-refractivity contribution in [1.29, 1.82) is 0 Å². The van der Waals surface area contributed by atoms with Gasteiger partial charge >= 0.3 is 5.69 Å². The largest absolute Gasteiger partial charge is 0.354 e. The molecule has 2 N–H and O–H groups in total. The summed E-state index contributed by atoms with van der Waals surface area (Å²) in [6, 6.07) is 9.10. The Morgan fingerprint density at radius 2 is 2.12 bits per heavy atom. The summed E-state index contributed by atoms with van der Waals surface area (Å²) in [5, 5.41) is 3.30. The molecule has 1 aliphatic heterocycles. The number of amides is 1. The predicted octanol–water partition coefficient (Wildman–Crippen LogP) is 3.26. The van der Waals surface area contributed by atoms with Crippen molar-refractivity contribution < 1.29 is 9.18 Å². The Kier molecular flexibility index (Phi) is 6.29. The van der Waals surface area contributed by atoms with Crippen molar-refractivity contribution in [2.24, 2.45) is 0 Å². The van der Waals surface area contributed by atoms with Gasteiger partial charge in [-0.3, -0.25) is 14.3 Å². The molecule has 32 heavy (non-hydrogen) atoms. The highest BCUT2D eigenvalue weighted by Crippen LogP contribution is 2.25. The maximum absolute atomic E-state index is 14.5. The number of benzene rings is 1. The van der Waals surface area contributed by atoms with Gasteiger partial charge in [0.25, 0.3) is 5.91 Å². The van der Waals surface area contributed by atoms with Crippen LogP contribution < -0.4 is 11.0 Å². The Balaban J connectivity index is 1.50. The summed E-state index contributed by atoms with van der Waals surface area (Å²) in [4.78, 5) is 32.8. The molecule has 0 fully saturated rings. The highest BCUT2D eigenvalue weighted by Gasteiger charge is 2.18. The van der Waals surface area contributed by atoms with Crippen LogP contribution in [-0.2, 0) is 13.1 Å². The van der Waals surface area contributed by atoms with Crippen LogP contribution in [0.5, 0.6) is 0 Å². The first-order chi connectivity index (χ1) is 15.4. The molecule has 9 heteroatoms. The number of nitrogens with one attached hydrogen (secondary N) is 2. The van der Waals surface area contributed by atoms with Gasteiger partial charge in [0, 0.05) is 44.2 Å². The minimum atomic E-state index is -0.631. The summed E-state index contributed by atoms with van der Waals surface area (Å²) < 4.78 is 16.5. The summed E-state index contributed by atoms with van der Waals surface area (Å²) >= 11 is 5.45. The molecule has 0 radical (unpaired) electrons. The highest BCUT2D eigenvalue weighted by molar-refractivity contribution is 7.71. The molecule has 1 aromatic carbocycles. The van der Waals surface area contributed by atoms with Crippen LogP contribution >= 0.6 is 12.2 Å².